The summed E-state index contributed by atoms with van der Waals surface area (Å²) in [5, 5.41) is 2.78. The molecule has 3 rings (SSSR count). The summed E-state index contributed by atoms with van der Waals surface area (Å²) in [6.45, 7) is 6.70. The molecule has 27 heavy (non-hydrogen) atoms. The monoisotopic (exact) mass is 387 g/mol. The first-order valence-electron chi connectivity index (χ1n) is 9.08. The molecule has 0 aliphatic carbocycles. The minimum atomic E-state index is -3.51. The topological polar surface area (TPSA) is 69.7 Å². The molecule has 0 saturated carbocycles. The van der Waals surface area contributed by atoms with E-state index in [0.29, 0.717) is 30.4 Å². The molecule has 6 nitrogen and oxygen atoms in total. The summed E-state index contributed by atoms with van der Waals surface area (Å²) in [7, 11) is -3.51. The third-order valence-electron chi connectivity index (χ3n) is 4.79. The Bertz CT molecular complexity index is 872. The van der Waals surface area contributed by atoms with Gasteiger partial charge in [-0.05, 0) is 50.2 Å². The van der Waals surface area contributed by atoms with Crippen LogP contribution in [0.15, 0.2) is 59.5 Å². The molecule has 144 valence electrons. The molecular formula is C20H25N3O3S. The average molecular weight is 388 g/mol. The summed E-state index contributed by atoms with van der Waals surface area (Å²) in [4.78, 5) is 14.7. The number of amides is 1. The number of hydrogen-bond acceptors (Lipinski definition) is 4. The van der Waals surface area contributed by atoms with Gasteiger partial charge in [0.2, 0.25) is 10.0 Å². The summed E-state index contributed by atoms with van der Waals surface area (Å²) in [5.74, 6) is -0.226. The molecule has 1 saturated heterocycles. The van der Waals surface area contributed by atoms with Gasteiger partial charge in [0, 0.05) is 43.5 Å². The summed E-state index contributed by atoms with van der Waals surface area (Å²) in [6, 6.07) is 15.6. The summed E-state index contributed by atoms with van der Waals surface area (Å²) in [6.07, 6.45) is 0. The number of rotatable bonds is 5. The molecule has 0 spiro atoms. The molecule has 2 aromatic rings. The highest BCUT2D eigenvalue weighted by molar-refractivity contribution is 7.89. The maximum atomic E-state index is 12.8. The Morgan fingerprint density at radius 2 is 1.52 bits per heavy atom. The number of hydrogen-bond donors (Lipinski definition) is 1. The number of nitrogens with zero attached hydrogens (tertiary/aromatic N) is 2. The van der Waals surface area contributed by atoms with Crippen molar-refractivity contribution in [2.45, 2.75) is 24.8 Å². The minimum Gasteiger partial charge on any atom is -0.322 e. The fraction of sp³-hybridized carbons (Fsp3) is 0.350. The van der Waals surface area contributed by atoms with Crippen molar-refractivity contribution in [1.82, 2.24) is 9.21 Å². The Hall–Kier alpha value is -2.22. The van der Waals surface area contributed by atoms with Crippen LogP contribution in [0.3, 0.4) is 0 Å². The van der Waals surface area contributed by atoms with Gasteiger partial charge in [0.05, 0.1) is 4.90 Å². The average Bonchev–Trinajstić information content (AvgIpc) is 2.69. The second-order valence-electron chi connectivity index (χ2n) is 6.88. The van der Waals surface area contributed by atoms with Crippen LogP contribution in [0.25, 0.3) is 0 Å². The van der Waals surface area contributed by atoms with E-state index < -0.39 is 10.0 Å². The largest absolute Gasteiger partial charge is 0.322 e. The van der Waals surface area contributed by atoms with E-state index >= 15 is 0 Å². The van der Waals surface area contributed by atoms with Gasteiger partial charge in [-0.2, -0.15) is 4.31 Å². The van der Waals surface area contributed by atoms with E-state index in [4.69, 9.17) is 0 Å². The van der Waals surface area contributed by atoms with Gasteiger partial charge >= 0.3 is 0 Å². The SMILES string of the molecule is CC(C)N1CCN(S(=O)(=O)c2ccc(NC(=O)c3ccccc3)cc2)CC1. The molecule has 1 N–H and O–H groups in total. The molecule has 1 amide bonds. The van der Waals surface area contributed by atoms with Crippen molar-refractivity contribution in [2.75, 3.05) is 31.5 Å². The maximum Gasteiger partial charge on any atom is 0.255 e. The summed E-state index contributed by atoms with van der Waals surface area (Å²) in [5.41, 5.74) is 1.12. The summed E-state index contributed by atoms with van der Waals surface area (Å²) >= 11 is 0. The molecule has 0 unspecified atom stereocenters. The van der Waals surface area contributed by atoms with Gasteiger partial charge in [0.25, 0.3) is 5.91 Å². The van der Waals surface area contributed by atoms with Crippen LogP contribution in [0.4, 0.5) is 5.69 Å². The zero-order valence-corrected chi connectivity index (χ0v) is 16.4. The van der Waals surface area contributed by atoms with Crippen LogP contribution in [-0.4, -0.2) is 55.8 Å². The van der Waals surface area contributed by atoms with Crippen molar-refractivity contribution in [3.63, 3.8) is 0 Å². The predicted octanol–water partition coefficient (Wildman–Crippen LogP) is 2.65. The van der Waals surface area contributed by atoms with Crippen LogP contribution in [0.2, 0.25) is 0 Å². The van der Waals surface area contributed by atoms with E-state index in [0.717, 1.165) is 13.1 Å². The second kappa shape index (κ2) is 8.21. The Balaban J connectivity index is 1.67. The summed E-state index contributed by atoms with van der Waals surface area (Å²) < 4.78 is 27.2. The first-order valence-corrected chi connectivity index (χ1v) is 10.5. The van der Waals surface area contributed by atoms with Crippen molar-refractivity contribution in [1.29, 1.82) is 0 Å². The first kappa shape index (κ1) is 19.5. The van der Waals surface area contributed by atoms with Crippen LogP contribution >= 0.6 is 0 Å². The van der Waals surface area contributed by atoms with E-state index in [1.54, 1.807) is 48.5 Å². The lowest BCUT2D eigenvalue weighted by atomic mass is 10.2. The highest BCUT2D eigenvalue weighted by atomic mass is 32.2. The fourth-order valence-corrected chi connectivity index (χ4v) is 4.53. The van der Waals surface area contributed by atoms with E-state index in [2.05, 4.69) is 24.1 Å². The smallest absolute Gasteiger partial charge is 0.255 e. The fourth-order valence-electron chi connectivity index (χ4n) is 3.11. The zero-order chi connectivity index (χ0) is 19.4. The van der Waals surface area contributed by atoms with Gasteiger partial charge in [0.1, 0.15) is 0 Å². The quantitative estimate of drug-likeness (QED) is 0.856. The van der Waals surface area contributed by atoms with Gasteiger partial charge in [-0.15, -0.1) is 0 Å². The van der Waals surface area contributed by atoms with Gasteiger partial charge in [-0.25, -0.2) is 8.42 Å². The normalized spacial score (nSPS) is 16.4. The number of anilines is 1. The Labute approximate surface area is 160 Å². The van der Waals surface area contributed by atoms with Gasteiger partial charge in [-0.3, -0.25) is 9.69 Å². The van der Waals surface area contributed by atoms with E-state index in [-0.39, 0.29) is 10.8 Å². The predicted molar refractivity (Wildman–Crippen MR) is 106 cm³/mol. The van der Waals surface area contributed by atoms with Crippen molar-refractivity contribution in [2.24, 2.45) is 0 Å². The van der Waals surface area contributed by atoms with E-state index in [1.165, 1.54) is 4.31 Å². The lowest BCUT2D eigenvalue weighted by Gasteiger charge is -2.36. The van der Waals surface area contributed by atoms with Crippen LogP contribution in [0, 0.1) is 0 Å². The van der Waals surface area contributed by atoms with Gasteiger partial charge in [0.15, 0.2) is 0 Å². The standard InChI is InChI=1S/C20H25N3O3S/c1-16(2)22-12-14-23(15-13-22)27(25,26)19-10-8-18(9-11-19)21-20(24)17-6-4-3-5-7-17/h3-11,16H,12-15H2,1-2H3,(H,21,24). The second-order valence-corrected chi connectivity index (χ2v) is 8.82. The third-order valence-corrected chi connectivity index (χ3v) is 6.70. The molecule has 1 heterocycles. The molecule has 1 aliphatic heterocycles. The number of piperazine rings is 1. The highest BCUT2D eigenvalue weighted by Gasteiger charge is 2.29. The number of sulfonamides is 1. The van der Waals surface area contributed by atoms with Crippen LogP contribution in [0.5, 0.6) is 0 Å². The van der Waals surface area contributed by atoms with Crippen LogP contribution in [0.1, 0.15) is 24.2 Å². The molecule has 0 bridgehead atoms. The van der Waals surface area contributed by atoms with Crippen molar-refractivity contribution in [3.05, 3.63) is 60.2 Å². The third kappa shape index (κ3) is 4.55. The molecule has 1 fully saturated rings. The van der Waals surface area contributed by atoms with E-state index in [9.17, 15) is 13.2 Å². The Morgan fingerprint density at radius 3 is 2.07 bits per heavy atom. The van der Waals surface area contributed by atoms with Crippen molar-refractivity contribution >= 4 is 21.6 Å². The maximum absolute atomic E-state index is 12.8. The minimum absolute atomic E-state index is 0.226. The molecule has 7 heteroatoms. The number of carbonyl (C=O) groups excluding carboxylic acids is 1. The van der Waals surface area contributed by atoms with Crippen LogP contribution in [-0.2, 0) is 10.0 Å². The molecule has 0 atom stereocenters. The highest BCUT2D eigenvalue weighted by Crippen LogP contribution is 2.20. The Morgan fingerprint density at radius 1 is 0.926 bits per heavy atom. The Kier molecular flexibility index (Phi) is 5.94. The van der Waals surface area contributed by atoms with Crippen LogP contribution < -0.4 is 5.32 Å². The number of benzene rings is 2. The van der Waals surface area contributed by atoms with Crippen molar-refractivity contribution in [3.8, 4) is 0 Å². The lowest BCUT2D eigenvalue weighted by molar-refractivity contribution is 0.102. The lowest BCUT2D eigenvalue weighted by Crippen LogP contribution is -2.50. The number of carbonyl (C=O) groups is 1. The molecule has 2 aromatic carbocycles. The number of nitrogens with one attached hydrogen (secondary N) is 1. The zero-order valence-electron chi connectivity index (χ0n) is 15.6. The molecule has 0 radical (unpaired) electrons. The molecular weight excluding hydrogens is 362 g/mol. The van der Waals surface area contributed by atoms with Gasteiger partial charge in [-0.1, -0.05) is 18.2 Å². The van der Waals surface area contributed by atoms with Gasteiger partial charge < -0.3 is 5.32 Å². The molecule has 0 aromatic heterocycles. The van der Waals surface area contributed by atoms with Crippen molar-refractivity contribution < 1.29 is 13.2 Å². The van der Waals surface area contributed by atoms with E-state index in [1.807, 2.05) is 6.07 Å². The molecule has 1 aliphatic rings. The first-order chi connectivity index (χ1) is 12.9.